The fourth-order valence-electron chi connectivity index (χ4n) is 4.62. The molecular formula is C24H26N4O. The fraction of sp³-hybridized carbons (Fsp3) is 0.292. The number of benzene rings is 1. The SMILES string of the molecule is C=CC=C(C=C)C(=O)N1CCC2(CC1)Cc1cnc(NC)nc1-c1ccccc12. The molecule has 2 heterocycles. The molecule has 2 aromatic rings. The number of nitrogens with zero attached hydrogens (tertiary/aromatic N) is 3. The Morgan fingerprint density at radius 3 is 2.69 bits per heavy atom. The molecule has 5 heteroatoms. The summed E-state index contributed by atoms with van der Waals surface area (Å²) in [7, 11) is 1.84. The Bertz CT molecular complexity index is 1000. The molecule has 4 rings (SSSR count). The number of likely N-dealkylation sites (tertiary alicyclic amines) is 1. The van der Waals surface area contributed by atoms with E-state index in [0.717, 1.165) is 38.0 Å². The van der Waals surface area contributed by atoms with E-state index in [2.05, 4.69) is 47.7 Å². The van der Waals surface area contributed by atoms with Gasteiger partial charge in [0, 0.05) is 42.9 Å². The molecule has 0 bridgehead atoms. The number of hydrogen-bond acceptors (Lipinski definition) is 4. The highest BCUT2D eigenvalue weighted by molar-refractivity contribution is 5.96. The first kappa shape index (κ1) is 19.1. The summed E-state index contributed by atoms with van der Waals surface area (Å²) >= 11 is 0. The van der Waals surface area contributed by atoms with Gasteiger partial charge in [-0.3, -0.25) is 4.79 Å². The summed E-state index contributed by atoms with van der Waals surface area (Å²) < 4.78 is 0. The van der Waals surface area contributed by atoms with Crippen molar-refractivity contribution in [2.45, 2.75) is 24.7 Å². The predicted octanol–water partition coefficient (Wildman–Crippen LogP) is 3.90. The lowest BCUT2D eigenvalue weighted by Crippen LogP contribution is -2.47. The van der Waals surface area contributed by atoms with Crippen LogP contribution in [0.2, 0.25) is 0 Å². The maximum Gasteiger partial charge on any atom is 0.253 e. The molecule has 1 aromatic heterocycles. The molecule has 29 heavy (non-hydrogen) atoms. The number of carbonyl (C=O) groups is 1. The molecule has 148 valence electrons. The van der Waals surface area contributed by atoms with E-state index in [1.807, 2.05) is 18.1 Å². The standard InChI is InChI=1S/C24H26N4O/c1-4-8-17(5-2)22(29)28-13-11-24(12-14-28)15-18-16-26-23(25-3)27-21(18)19-9-6-7-10-20(19)24/h4-10,16H,1-2,11-15H2,3H3,(H,25,26,27). The van der Waals surface area contributed by atoms with Crippen molar-refractivity contribution in [1.82, 2.24) is 14.9 Å². The first-order valence-corrected chi connectivity index (χ1v) is 10.00. The first-order valence-electron chi connectivity index (χ1n) is 10.00. The van der Waals surface area contributed by atoms with Crippen LogP contribution < -0.4 is 5.32 Å². The van der Waals surface area contributed by atoms with Crippen molar-refractivity contribution < 1.29 is 4.79 Å². The van der Waals surface area contributed by atoms with E-state index in [4.69, 9.17) is 4.98 Å². The molecule has 1 saturated heterocycles. The summed E-state index contributed by atoms with van der Waals surface area (Å²) in [5.41, 5.74) is 5.34. The van der Waals surface area contributed by atoms with E-state index < -0.39 is 0 Å². The zero-order valence-electron chi connectivity index (χ0n) is 16.8. The second-order valence-corrected chi connectivity index (χ2v) is 7.67. The number of fused-ring (bicyclic) bond motifs is 4. The number of piperidine rings is 1. The number of nitrogens with one attached hydrogen (secondary N) is 1. The van der Waals surface area contributed by atoms with Gasteiger partial charge in [-0.1, -0.05) is 55.7 Å². The summed E-state index contributed by atoms with van der Waals surface area (Å²) in [5.74, 6) is 0.669. The summed E-state index contributed by atoms with van der Waals surface area (Å²) in [6, 6.07) is 8.55. The summed E-state index contributed by atoms with van der Waals surface area (Å²) in [6.07, 6.45) is 9.66. The van der Waals surface area contributed by atoms with E-state index >= 15 is 0 Å². The maximum atomic E-state index is 12.8. The average Bonchev–Trinajstić information content (AvgIpc) is 2.77. The molecular weight excluding hydrogens is 360 g/mol. The van der Waals surface area contributed by atoms with Crippen LogP contribution in [0.4, 0.5) is 5.95 Å². The number of carbonyl (C=O) groups excluding carboxylic acids is 1. The lowest BCUT2D eigenvalue weighted by atomic mass is 9.64. The number of anilines is 1. The molecule has 0 radical (unpaired) electrons. The average molecular weight is 386 g/mol. The van der Waals surface area contributed by atoms with Gasteiger partial charge in [-0.2, -0.15) is 0 Å². The van der Waals surface area contributed by atoms with E-state index in [1.54, 1.807) is 18.2 Å². The van der Waals surface area contributed by atoms with Gasteiger partial charge in [0.25, 0.3) is 5.91 Å². The Morgan fingerprint density at radius 1 is 1.24 bits per heavy atom. The van der Waals surface area contributed by atoms with Crippen molar-refractivity contribution in [3.8, 4) is 11.3 Å². The summed E-state index contributed by atoms with van der Waals surface area (Å²) in [5, 5.41) is 3.04. The molecule has 1 amide bonds. The Kier molecular flexibility index (Phi) is 5.05. The van der Waals surface area contributed by atoms with Gasteiger partial charge in [0.2, 0.25) is 5.95 Å². The van der Waals surface area contributed by atoms with E-state index in [0.29, 0.717) is 11.5 Å². The van der Waals surface area contributed by atoms with Crippen LogP contribution in [0.5, 0.6) is 0 Å². The Labute approximate surface area is 171 Å². The van der Waals surface area contributed by atoms with Gasteiger partial charge in [-0.25, -0.2) is 9.97 Å². The minimum Gasteiger partial charge on any atom is -0.357 e. The molecule has 2 aliphatic rings. The lowest BCUT2D eigenvalue weighted by molar-refractivity contribution is -0.128. The van der Waals surface area contributed by atoms with Gasteiger partial charge >= 0.3 is 0 Å². The molecule has 1 N–H and O–H groups in total. The zero-order valence-corrected chi connectivity index (χ0v) is 16.8. The van der Waals surface area contributed by atoms with Gasteiger partial charge < -0.3 is 10.2 Å². The number of rotatable bonds is 4. The van der Waals surface area contributed by atoms with Crippen molar-refractivity contribution in [3.05, 3.63) is 78.5 Å². The van der Waals surface area contributed by atoms with Crippen LogP contribution in [-0.4, -0.2) is 40.9 Å². The van der Waals surface area contributed by atoms with Crippen molar-refractivity contribution >= 4 is 11.9 Å². The van der Waals surface area contributed by atoms with Crippen LogP contribution in [0.15, 0.2) is 67.4 Å². The molecule has 5 nitrogen and oxygen atoms in total. The van der Waals surface area contributed by atoms with Crippen LogP contribution >= 0.6 is 0 Å². The van der Waals surface area contributed by atoms with E-state index in [1.165, 1.54) is 16.7 Å². The van der Waals surface area contributed by atoms with Crippen LogP contribution in [0, 0.1) is 0 Å². The number of hydrogen-bond donors (Lipinski definition) is 1. The number of allylic oxidation sites excluding steroid dienone is 2. The second-order valence-electron chi connectivity index (χ2n) is 7.67. The van der Waals surface area contributed by atoms with E-state index in [9.17, 15) is 4.79 Å². The Hall–Kier alpha value is -3.21. The molecule has 1 aliphatic heterocycles. The van der Waals surface area contributed by atoms with Crippen molar-refractivity contribution in [2.24, 2.45) is 0 Å². The fourth-order valence-corrected chi connectivity index (χ4v) is 4.62. The highest BCUT2D eigenvalue weighted by Gasteiger charge is 2.42. The molecule has 1 fully saturated rings. The minimum atomic E-state index is 0.0153. The van der Waals surface area contributed by atoms with Gasteiger partial charge in [-0.05, 0) is 30.4 Å². The highest BCUT2D eigenvalue weighted by atomic mass is 16.2. The topological polar surface area (TPSA) is 58.1 Å². The molecule has 0 saturated carbocycles. The van der Waals surface area contributed by atoms with Gasteiger partial charge in [0.15, 0.2) is 0 Å². The third-order valence-corrected chi connectivity index (χ3v) is 6.14. The van der Waals surface area contributed by atoms with Crippen molar-refractivity contribution in [1.29, 1.82) is 0 Å². The van der Waals surface area contributed by atoms with Gasteiger partial charge in [0.05, 0.1) is 5.69 Å². The summed E-state index contributed by atoms with van der Waals surface area (Å²) in [6.45, 7) is 8.90. The smallest absolute Gasteiger partial charge is 0.253 e. The van der Waals surface area contributed by atoms with Gasteiger partial charge in [-0.15, -0.1) is 0 Å². The van der Waals surface area contributed by atoms with Crippen LogP contribution in [-0.2, 0) is 16.6 Å². The largest absolute Gasteiger partial charge is 0.357 e. The quantitative estimate of drug-likeness (QED) is 0.640. The highest BCUT2D eigenvalue weighted by Crippen LogP contribution is 2.48. The predicted molar refractivity (Wildman–Crippen MR) is 117 cm³/mol. The molecule has 0 atom stereocenters. The first-order chi connectivity index (χ1) is 14.1. The molecule has 0 unspecified atom stereocenters. The van der Waals surface area contributed by atoms with Gasteiger partial charge in [0.1, 0.15) is 0 Å². The van der Waals surface area contributed by atoms with Crippen LogP contribution in [0.25, 0.3) is 11.3 Å². The van der Waals surface area contributed by atoms with Crippen LogP contribution in [0.3, 0.4) is 0 Å². The second kappa shape index (κ2) is 7.66. The molecule has 1 aliphatic carbocycles. The molecule has 1 spiro atoms. The third-order valence-electron chi connectivity index (χ3n) is 6.14. The molecule has 1 aromatic carbocycles. The Morgan fingerprint density at radius 2 is 2.00 bits per heavy atom. The Balaban J connectivity index is 1.65. The summed E-state index contributed by atoms with van der Waals surface area (Å²) in [4.78, 5) is 23.9. The van der Waals surface area contributed by atoms with Crippen molar-refractivity contribution in [3.63, 3.8) is 0 Å². The normalized spacial score (nSPS) is 17.3. The maximum absolute atomic E-state index is 12.8. The minimum absolute atomic E-state index is 0.0153. The van der Waals surface area contributed by atoms with Crippen LogP contribution in [0.1, 0.15) is 24.0 Å². The monoisotopic (exact) mass is 386 g/mol. The zero-order chi connectivity index (χ0) is 20.4. The number of amides is 1. The lowest BCUT2D eigenvalue weighted by Gasteiger charge is -2.45. The van der Waals surface area contributed by atoms with E-state index in [-0.39, 0.29) is 11.3 Å². The van der Waals surface area contributed by atoms with Crippen molar-refractivity contribution in [2.75, 3.05) is 25.5 Å². The third kappa shape index (κ3) is 3.27. The number of aromatic nitrogens is 2.